The number of halogens is 2. The van der Waals surface area contributed by atoms with Crippen LogP contribution in [0, 0.1) is 0 Å². The van der Waals surface area contributed by atoms with Crippen molar-refractivity contribution in [3.8, 4) is 0 Å². The van der Waals surface area contributed by atoms with Crippen LogP contribution in [0.3, 0.4) is 0 Å². The first-order valence-corrected chi connectivity index (χ1v) is 14.9. The molecule has 0 atom stereocenters. The molecular formula is C24H20F2N3P3. The summed E-state index contributed by atoms with van der Waals surface area (Å²) in [6.45, 7) is 0. The van der Waals surface area contributed by atoms with Crippen LogP contribution in [0.15, 0.2) is 135 Å². The Hall–Kier alpha value is -2.57. The van der Waals surface area contributed by atoms with Crippen LogP contribution >= 0.6 is 22.2 Å². The Morgan fingerprint density at radius 1 is 0.375 bits per heavy atom. The minimum absolute atomic E-state index is 0.719. The Labute approximate surface area is 186 Å². The van der Waals surface area contributed by atoms with Gasteiger partial charge in [0.05, 0.1) is 0 Å². The van der Waals surface area contributed by atoms with E-state index in [1.165, 1.54) is 0 Å². The third-order valence-electron chi connectivity index (χ3n) is 5.20. The van der Waals surface area contributed by atoms with E-state index >= 15 is 8.39 Å². The van der Waals surface area contributed by atoms with Crippen molar-refractivity contribution in [2.24, 2.45) is 13.5 Å². The fourth-order valence-corrected chi connectivity index (χ4v) is 15.4. The van der Waals surface area contributed by atoms with Crippen LogP contribution in [0.1, 0.15) is 0 Å². The summed E-state index contributed by atoms with van der Waals surface area (Å²) >= 11 is 0. The Morgan fingerprint density at radius 3 is 0.969 bits per heavy atom. The molecule has 0 aromatic heterocycles. The standard InChI is InChI=1S/C24H20F2N3P3/c25-32(26)28-30(21-13-5-1-6-14-21,22-15-7-2-8-16-22)27-31(29-32,23-17-9-3-10-18-23)24-19-11-4-12-20-24/h1-20H. The van der Waals surface area contributed by atoms with Crippen LogP contribution < -0.4 is 21.2 Å². The fraction of sp³-hybridized carbons (Fsp3) is 0. The molecule has 0 fully saturated rings. The average molecular weight is 481 g/mol. The number of hydrogen-bond donors (Lipinski definition) is 0. The van der Waals surface area contributed by atoms with Gasteiger partial charge in [-0.3, -0.25) is 0 Å². The summed E-state index contributed by atoms with van der Waals surface area (Å²) in [7, 11) is -11.3. The van der Waals surface area contributed by atoms with E-state index in [9.17, 15) is 0 Å². The molecule has 32 heavy (non-hydrogen) atoms. The van der Waals surface area contributed by atoms with Crippen molar-refractivity contribution in [2.75, 3.05) is 0 Å². The molecule has 160 valence electrons. The Balaban J connectivity index is 2.00. The van der Waals surface area contributed by atoms with Crippen LogP contribution in [0.25, 0.3) is 0 Å². The predicted molar refractivity (Wildman–Crippen MR) is 135 cm³/mol. The van der Waals surface area contributed by atoms with Crippen molar-refractivity contribution in [3.63, 3.8) is 0 Å². The van der Waals surface area contributed by atoms with Gasteiger partial charge in [-0.15, -0.1) is 8.39 Å². The van der Waals surface area contributed by atoms with Gasteiger partial charge >= 0.3 is 7.83 Å². The van der Waals surface area contributed by atoms with Gasteiger partial charge in [-0.05, 0) is 0 Å². The molecule has 0 radical (unpaired) electrons. The number of hydrogen-bond acceptors (Lipinski definition) is 3. The molecule has 0 bridgehead atoms. The molecule has 5 rings (SSSR count). The molecule has 4 aromatic carbocycles. The summed E-state index contributed by atoms with van der Waals surface area (Å²) in [5.41, 5.74) is 0. The van der Waals surface area contributed by atoms with E-state index in [4.69, 9.17) is 4.52 Å². The summed E-state index contributed by atoms with van der Waals surface area (Å²) in [6, 6.07) is 37.3. The first-order chi connectivity index (χ1) is 15.5. The molecule has 1 heterocycles. The van der Waals surface area contributed by atoms with E-state index in [2.05, 4.69) is 9.03 Å². The van der Waals surface area contributed by atoms with E-state index in [0.717, 1.165) is 21.2 Å². The van der Waals surface area contributed by atoms with Crippen LogP contribution in [-0.4, -0.2) is 0 Å². The molecular weight excluding hydrogens is 461 g/mol. The van der Waals surface area contributed by atoms with Gasteiger partial charge in [0.1, 0.15) is 14.4 Å². The van der Waals surface area contributed by atoms with Crippen molar-refractivity contribution >= 4 is 43.5 Å². The maximum absolute atomic E-state index is 15.7. The number of rotatable bonds is 4. The first kappa shape index (κ1) is 21.3. The van der Waals surface area contributed by atoms with Gasteiger partial charge in [0, 0.05) is 21.2 Å². The summed E-state index contributed by atoms with van der Waals surface area (Å²) in [6.07, 6.45) is 0. The van der Waals surface area contributed by atoms with Crippen molar-refractivity contribution in [1.82, 2.24) is 0 Å². The van der Waals surface area contributed by atoms with Crippen molar-refractivity contribution in [2.45, 2.75) is 0 Å². The van der Waals surface area contributed by atoms with E-state index in [1.54, 1.807) is 0 Å². The summed E-state index contributed by atoms with van der Waals surface area (Å²) in [5.74, 6) is 0. The maximum atomic E-state index is 15.7. The Morgan fingerprint density at radius 2 is 0.656 bits per heavy atom. The van der Waals surface area contributed by atoms with Crippen LogP contribution in [0.4, 0.5) is 8.39 Å². The molecule has 8 heteroatoms. The van der Waals surface area contributed by atoms with E-state index in [1.807, 2.05) is 121 Å². The van der Waals surface area contributed by atoms with E-state index < -0.39 is 22.2 Å². The molecule has 3 nitrogen and oxygen atoms in total. The second kappa shape index (κ2) is 8.41. The minimum Gasteiger partial charge on any atom is -0.223 e. The highest BCUT2D eigenvalue weighted by molar-refractivity contribution is 7.95. The molecule has 1 aliphatic rings. The topological polar surface area (TPSA) is 37.1 Å². The monoisotopic (exact) mass is 481 g/mol. The third kappa shape index (κ3) is 3.76. The lowest BCUT2D eigenvalue weighted by atomic mass is 10.4. The average Bonchev–Trinajstić information content (AvgIpc) is 2.85. The zero-order valence-electron chi connectivity index (χ0n) is 17.0. The molecule has 0 amide bonds. The van der Waals surface area contributed by atoms with Gasteiger partial charge in [0.25, 0.3) is 0 Å². The van der Waals surface area contributed by atoms with Crippen molar-refractivity contribution < 1.29 is 8.39 Å². The Kier molecular flexibility index (Phi) is 5.59. The number of nitrogens with zero attached hydrogens (tertiary/aromatic N) is 3. The van der Waals surface area contributed by atoms with Crippen molar-refractivity contribution in [3.05, 3.63) is 121 Å². The van der Waals surface area contributed by atoms with Gasteiger partial charge in [0.15, 0.2) is 0 Å². The molecule has 0 spiro atoms. The van der Waals surface area contributed by atoms with Crippen molar-refractivity contribution in [1.29, 1.82) is 0 Å². The lowest BCUT2D eigenvalue weighted by Gasteiger charge is -2.32. The highest BCUT2D eigenvalue weighted by Gasteiger charge is 2.41. The van der Waals surface area contributed by atoms with Crippen LogP contribution in [0.2, 0.25) is 0 Å². The van der Waals surface area contributed by atoms with E-state index in [0.29, 0.717) is 0 Å². The van der Waals surface area contributed by atoms with Crippen LogP contribution in [0.5, 0.6) is 0 Å². The second-order valence-corrected chi connectivity index (χ2v) is 14.8. The third-order valence-corrected chi connectivity index (χ3v) is 15.1. The molecule has 0 saturated heterocycles. The minimum atomic E-state index is -4.99. The van der Waals surface area contributed by atoms with Gasteiger partial charge in [-0.25, -0.2) is 4.52 Å². The van der Waals surface area contributed by atoms with Gasteiger partial charge in [-0.1, -0.05) is 121 Å². The molecule has 0 unspecified atom stereocenters. The fourth-order valence-electron chi connectivity index (χ4n) is 3.81. The highest BCUT2D eigenvalue weighted by atomic mass is 31.3. The Bertz CT molecular complexity index is 1230. The van der Waals surface area contributed by atoms with Gasteiger partial charge < -0.3 is 0 Å². The molecule has 1 aliphatic heterocycles. The zero-order chi connectivity index (χ0) is 22.1. The highest BCUT2D eigenvalue weighted by Crippen LogP contribution is 2.78. The zero-order valence-corrected chi connectivity index (χ0v) is 19.7. The summed E-state index contributed by atoms with van der Waals surface area (Å²) in [5, 5.41) is 2.88. The quantitative estimate of drug-likeness (QED) is 0.272. The van der Waals surface area contributed by atoms with Crippen LogP contribution in [-0.2, 0) is 0 Å². The smallest absolute Gasteiger partial charge is 0.223 e. The normalized spacial score (nSPS) is 17.9. The summed E-state index contributed by atoms with van der Waals surface area (Å²) in [4.78, 5) is 0. The van der Waals surface area contributed by atoms with Gasteiger partial charge in [0.2, 0.25) is 0 Å². The molecule has 4 aromatic rings. The van der Waals surface area contributed by atoms with Gasteiger partial charge in [-0.2, -0.15) is 9.03 Å². The SMILES string of the molecule is FP1(F)=NP(c2ccccc2)(c2ccccc2)=NP(c2ccccc2)(c2ccccc2)=N1. The molecule has 0 saturated carbocycles. The largest absolute Gasteiger partial charge is 0.418 e. The molecule has 0 aliphatic carbocycles. The van der Waals surface area contributed by atoms with E-state index in [-0.39, 0.29) is 0 Å². The molecule has 0 N–H and O–H groups in total. The lowest BCUT2D eigenvalue weighted by molar-refractivity contribution is 0.727. The maximum Gasteiger partial charge on any atom is 0.418 e. The second-order valence-electron chi connectivity index (χ2n) is 7.27. The predicted octanol–water partition coefficient (Wildman–Crippen LogP) is 7.42. The summed E-state index contributed by atoms with van der Waals surface area (Å²) < 4.78 is 45.2. The lowest BCUT2D eigenvalue weighted by Crippen LogP contribution is -2.20. The first-order valence-electron chi connectivity index (χ1n) is 10.1. The number of benzene rings is 4.